The third kappa shape index (κ3) is 2.63. The Morgan fingerprint density at radius 1 is 1.25 bits per heavy atom. The minimum Gasteiger partial charge on any atom is -0.399 e. The molecule has 0 amide bonds. The van der Waals surface area contributed by atoms with E-state index in [1.54, 1.807) is 7.11 Å². The molecule has 0 heterocycles. The van der Waals surface area contributed by atoms with Crippen molar-refractivity contribution in [2.45, 2.75) is 38.5 Å². The predicted molar refractivity (Wildman–Crippen MR) is 66.8 cm³/mol. The summed E-state index contributed by atoms with van der Waals surface area (Å²) in [6.07, 6.45) is 4.64. The van der Waals surface area contributed by atoms with Gasteiger partial charge < -0.3 is 4.84 Å². The number of oxime groups is 1. The summed E-state index contributed by atoms with van der Waals surface area (Å²) in [5.74, 6) is 0.628. The number of aryl methyl sites for hydroxylation is 1. The van der Waals surface area contributed by atoms with Gasteiger partial charge in [0.2, 0.25) is 0 Å². The fourth-order valence-corrected chi connectivity index (χ4v) is 2.38. The smallest absolute Gasteiger partial charge is 0.106 e. The maximum absolute atomic E-state index is 4.87. The van der Waals surface area contributed by atoms with E-state index in [1.165, 1.54) is 29.7 Å². The van der Waals surface area contributed by atoms with Gasteiger partial charge in [-0.15, -0.1) is 0 Å². The average Bonchev–Trinajstić information content (AvgIpc) is 2.31. The molecule has 0 radical (unpaired) electrons. The van der Waals surface area contributed by atoms with Crippen LogP contribution in [0.25, 0.3) is 0 Å². The van der Waals surface area contributed by atoms with Crippen LogP contribution in [0.4, 0.5) is 0 Å². The summed E-state index contributed by atoms with van der Waals surface area (Å²) < 4.78 is 0. The second kappa shape index (κ2) is 5.15. The quantitative estimate of drug-likeness (QED) is 0.693. The van der Waals surface area contributed by atoms with Crippen LogP contribution in [0.15, 0.2) is 29.4 Å². The molecule has 1 saturated carbocycles. The van der Waals surface area contributed by atoms with Crippen molar-refractivity contribution < 1.29 is 4.84 Å². The molecular formula is C14H19NO. The highest BCUT2D eigenvalue weighted by molar-refractivity contribution is 5.85. The molecule has 1 aliphatic rings. The first kappa shape index (κ1) is 11.2. The topological polar surface area (TPSA) is 21.6 Å². The van der Waals surface area contributed by atoms with E-state index >= 15 is 0 Å². The van der Waals surface area contributed by atoms with E-state index in [0.717, 1.165) is 12.8 Å². The highest BCUT2D eigenvalue weighted by Crippen LogP contribution is 2.31. The molecule has 0 bridgehead atoms. The first-order valence-electron chi connectivity index (χ1n) is 5.95. The summed E-state index contributed by atoms with van der Waals surface area (Å²) in [6, 6.07) is 8.87. The van der Waals surface area contributed by atoms with Gasteiger partial charge in [0.05, 0.1) is 5.71 Å². The Hall–Kier alpha value is -1.31. The predicted octanol–water partition coefficient (Wildman–Crippen LogP) is 3.66. The van der Waals surface area contributed by atoms with Crippen LogP contribution >= 0.6 is 0 Å². The van der Waals surface area contributed by atoms with Crippen molar-refractivity contribution in [2.75, 3.05) is 7.11 Å². The van der Waals surface area contributed by atoms with Crippen LogP contribution in [0.1, 0.15) is 42.7 Å². The monoisotopic (exact) mass is 217 g/mol. The maximum Gasteiger partial charge on any atom is 0.106 e. The maximum atomic E-state index is 4.87. The molecule has 1 aromatic carbocycles. The molecule has 1 unspecified atom stereocenters. The molecule has 0 saturated heterocycles. The average molecular weight is 217 g/mol. The van der Waals surface area contributed by atoms with Crippen molar-refractivity contribution in [2.24, 2.45) is 5.16 Å². The Morgan fingerprint density at radius 2 is 2.00 bits per heavy atom. The zero-order valence-electron chi connectivity index (χ0n) is 10.1. The number of hydrogen-bond donors (Lipinski definition) is 0. The summed E-state index contributed by atoms with van der Waals surface area (Å²) in [5, 5.41) is 4.09. The van der Waals surface area contributed by atoms with E-state index in [9.17, 15) is 0 Å². The second-order valence-electron chi connectivity index (χ2n) is 4.54. The fourth-order valence-electron chi connectivity index (χ4n) is 2.38. The van der Waals surface area contributed by atoms with Gasteiger partial charge in [0.1, 0.15) is 7.11 Å². The van der Waals surface area contributed by atoms with E-state index < -0.39 is 0 Å². The molecule has 2 rings (SSSR count). The molecule has 86 valence electrons. The third-order valence-electron chi connectivity index (χ3n) is 3.27. The summed E-state index contributed by atoms with van der Waals surface area (Å²) >= 11 is 0. The van der Waals surface area contributed by atoms with Crippen molar-refractivity contribution >= 4 is 5.71 Å². The van der Waals surface area contributed by atoms with Crippen LogP contribution in [0, 0.1) is 6.92 Å². The molecule has 1 aromatic rings. The summed E-state index contributed by atoms with van der Waals surface area (Å²) in [6.45, 7) is 2.13. The lowest BCUT2D eigenvalue weighted by molar-refractivity contribution is 0.210. The zero-order valence-corrected chi connectivity index (χ0v) is 10.1. The lowest BCUT2D eigenvalue weighted by atomic mass is 9.83. The number of rotatable bonds is 2. The molecule has 2 nitrogen and oxygen atoms in total. The Kier molecular flexibility index (Phi) is 3.60. The largest absolute Gasteiger partial charge is 0.399 e. The van der Waals surface area contributed by atoms with E-state index in [1.807, 2.05) is 0 Å². The van der Waals surface area contributed by atoms with Gasteiger partial charge in [0.25, 0.3) is 0 Å². The van der Waals surface area contributed by atoms with Crippen molar-refractivity contribution in [1.29, 1.82) is 0 Å². The molecular weight excluding hydrogens is 198 g/mol. The van der Waals surface area contributed by atoms with E-state index in [2.05, 4.69) is 36.3 Å². The minimum absolute atomic E-state index is 0.628. The standard InChI is InChI=1S/C14H19NO/c1-11-6-8-12(9-7-11)13-4-3-5-14(10-13)15-16-2/h6-9,13H,3-5,10H2,1-2H3. The zero-order chi connectivity index (χ0) is 11.4. The Balaban J connectivity index is 2.09. The summed E-state index contributed by atoms with van der Waals surface area (Å²) in [5.41, 5.74) is 3.97. The van der Waals surface area contributed by atoms with Crippen LogP contribution < -0.4 is 0 Å². The molecule has 2 heteroatoms. The summed E-state index contributed by atoms with van der Waals surface area (Å²) in [7, 11) is 1.63. The van der Waals surface area contributed by atoms with Crippen LogP contribution in [-0.2, 0) is 4.84 Å². The van der Waals surface area contributed by atoms with Gasteiger partial charge in [0.15, 0.2) is 0 Å². The molecule has 0 N–H and O–H groups in total. The van der Waals surface area contributed by atoms with Gasteiger partial charge in [-0.05, 0) is 44.1 Å². The van der Waals surface area contributed by atoms with E-state index in [0.29, 0.717) is 5.92 Å². The number of hydrogen-bond acceptors (Lipinski definition) is 2. The lowest BCUT2D eigenvalue weighted by Gasteiger charge is -2.23. The Morgan fingerprint density at radius 3 is 2.69 bits per heavy atom. The van der Waals surface area contributed by atoms with E-state index in [-0.39, 0.29) is 0 Å². The fraction of sp³-hybridized carbons (Fsp3) is 0.500. The van der Waals surface area contributed by atoms with Gasteiger partial charge in [-0.2, -0.15) is 0 Å². The normalized spacial score (nSPS) is 23.4. The number of nitrogens with zero attached hydrogens (tertiary/aromatic N) is 1. The van der Waals surface area contributed by atoms with Crippen molar-refractivity contribution in [3.63, 3.8) is 0 Å². The van der Waals surface area contributed by atoms with Gasteiger partial charge in [-0.1, -0.05) is 35.0 Å². The summed E-state index contributed by atoms with van der Waals surface area (Å²) in [4.78, 5) is 4.87. The van der Waals surface area contributed by atoms with Gasteiger partial charge >= 0.3 is 0 Å². The molecule has 16 heavy (non-hydrogen) atoms. The van der Waals surface area contributed by atoms with Crippen LogP contribution in [0.5, 0.6) is 0 Å². The first-order chi connectivity index (χ1) is 7.79. The SMILES string of the molecule is CON=C1CCCC(c2ccc(C)cc2)C1. The molecule has 0 aliphatic heterocycles. The minimum atomic E-state index is 0.628. The highest BCUT2D eigenvalue weighted by atomic mass is 16.6. The molecule has 1 aliphatic carbocycles. The highest BCUT2D eigenvalue weighted by Gasteiger charge is 2.19. The first-order valence-corrected chi connectivity index (χ1v) is 5.95. The van der Waals surface area contributed by atoms with Crippen molar-refractivity contribution in [1.82, 2.24) is 0 Å². The van der Waals surface area contributed by atoms with Gasteiger partial charge in [0, 0.05) is 0 Å². The number of benzene rings is 1. The Labute approximate surface area is 97.3 Å². The van der Waals surface area contributed by atoms with Crippen LogP contribution in [0.2, 0.25) is 0 Å². The van der Waals surface area contributed by atoms with Gasteiger partial charge in [-0.3, -0.25) is 0 Å². The lowest BCUT2D eigenvalue weighted by Crippen LogP contribution is -2.14. The van der Waals surface area contributed by atoms with Crippen LogP contribution in [0.3, 0.4) is 0 Å². The van der Waals surface area contributed by atoms with Crippen molar-refractivity contribution in [3.8, 4) is 0 Å². The van der Waals surface area contributed by atoms with E-state index in [4.69, 9.17) is 4.84 Å². The second-order valence-corrected chi connectivity index (χ2v) is 4.54. The molecule has 0 spiro atoms. The van der Waals surface area contributed by atoms with Crippen LogP contribution in [-0.4, -0.2) is 12.8 Å². The molecule has 1 atom stereocenters. The van der Waals surface area contributed by atoms with Crippen molar-refractivity contribution in [3.05, 3.63) is 35.4 Å². The Bertz CT molecular complexity index is 367. The van der Waals surface area contributed by atoms with Gasteiger partial charge in [-0.25, -0.2) is 0 Å². The molecule has 0 aromatic heterocycles. The molecule has 1 fully saturated rings. The third-order valence-corrected chi connectivity index (χ3v) is 3.27.